The van der Waals surface area contributed by atoms with Gasteiger partial charge in [0, 0.05) is 56.6 Å². The standard InChI is InChI=1S/2C26H40N4O6S.C26H39NO6S/c1-14-8-7-9-20(31)19(29-30-27)11-21(15(2)10-18-13-37-17(4)28-18)36-23(33)12-22(32)26(5,6)25(35)16(3)24(14)34;1-14-8-7-9-19(29-30-27)20(31)11-21(15(2)10-18-13-37-17(4)28-18)36-23(33)12-22(32)26(5,6)25(35)16(3)24(14)34;1-14-8-7-9-19-21(32-19)11-20(15(2)10-18-13-34-17(4)27-18)33-23(29)12-22(28)26(5,6)25(31)16(3)24(14)30/h2*10,13-14,16,19-22,24,31-32,34H,7-9,11-12H2,1-6H3;10,13-14,16,19-22,24,28,30H,7-9,11-12H2,1-6H3/b3*15-10+/t14-,16+,19-,20-,21?,22-,24-;14-,16+,19+,20+,21?,22-,24-;14-,16+,19?,20?,21+,22-,24-/m000/s1. The summed E-state index contributed by atoms with van der Waals surface area (Å²) in [5.41, 5.74) is 18.8. The van der Waals surface area contributed by atoms with Crippen LogP contribution in [-0.2, 0) is 47.7 Å². The maximum absolute atomic E-state index is 13.2. The van der Waals surface area contributed by atoms with E-state index in [1.165, 1.54) is 22.7 Å². The molecular formula is C78H119N9O18S3. The Morgan fingerprint density at radius 2 is 0.769 bits per heavy atom. The summed E-state index contributed by atoms with van der Waals surface area (Å²) in [7, 11) is 0. The van der Waals surface area contributed by atoms with E-state index in [4.69, 9.17) is 30.0 Å². The molecule has 602 valence electrons. The second-order valence-corrected chi connectivity index (χ2v) is 35.2. The molecule has 0 radical (unpaired) electrons. The summed E-state index contributed by atoms with van der Waals surface area (Å²) in [5, 5.41) is 103. The smallest absolute Gasteiger partial charge is 0.309 e. The number of aliphatic hydroxyl groups excluding tert-OH is 8. The van der Waals surface area contributed by atoms with E-state index in [-0.39, 0.29) is 66.6 Å². The fraction of sp³-hybridized carbons (Fsp3) is 0.731. The van der Waals surface area contributed by atoms with Crippen molar-refractivity contribution in [1.29, 1.82) is 0 Å². The van der Waals surface area contributed by atoms with Crippen molar-refractivity contribution in [2.24, 2.45) is 62.0 Å². The Morgan fingerprint density at radius 1 is 0.454 bits per heavy atom. The average Bonchev–Trinajstić information content (AvgIpc) is 0.872. The highest BCUT2D eigenvalue weighted by atomic mass is 32.1. The number of rotatable bonds is 8. The quantitative estimate of drug-likeness (QED) is 0.0259. The zero-order valence-electron chi connectivity index (χ0n) is 66.1. The number of thiazole rings is 3. The first kappa shape index (κ1) is 92.4. The first-order chi connectivity index (χ1) is 50.4. The molecule has 4 fully saturated rings. The molecule has 7 rings (SSSR count). The first-order valence-electron chi connectivity index (χ1n) is 37.7. The number of epoxide rings is 1. The number of cyclic esters (lactones) is 3. The van der Waals surface area contributed by atoms with Crippen molar-refractivity contribution in [1.82, 2.24) is 15.0 Å². The largest absolute Gasteiger partial charge is 0.458 e. The summed E-state index contributed by atoms with van der Waals surface area (Å²) >= 11 is 4.51. The lowest BCUT2D eigenvalue weighted by atomic mass is 9.73. The molecule has 7 heterocycles. The van der Waals surface area contributed by atoms with Gasteiger partial charge in [-0.15, -0.1) is 34.0 Å². The van der Waals surface area contributed by atoms with Gasteiger partial charge in [-0.2, -0.15) is 0 Å². The number of aromatic nitrogens is 3. The van der Waals surface area contributed by atoms with Gasteiger partial charge in [0.2, 0.25) is 0 Å². The molecule has 27 nitrogen and oxygen atoms in total. The molecule has 8 N–H and O–H groups in total. The van der Waals surface area contributed by atoms with Crippen LogP contribution in [0.25, 0.3) is 39.1 Å². The van der Waals surface area contributed by atoms with Crippen molar-refractivity contribution < 1.29 is 88.6 Å². The topological polar surface area (TPSA) is 441 Å². The summed E-state index contributed by atoms with van der Waals surface area (Å²) in [4.78, 5) is 97.4. The van der Waals surface area contributed by atoms with E-state index in [0.29, 0.717) is 67.5 Å². The van der Waals surface area contributed by atoms with Crippen molar-refractivity contribution in [3.8, 4) is 0 Å². The van der Waals surface area contributed by atoms with Crippen molar-refractivity contribution >= 4 is 87.5 Å². The Morgan fingerprint density at radius 3 is 1.10 bits per heavy atom. The molecule has 4 aliphatic heterocycles. The predicted molar refractivity (Wildman–Crippen MR) is 414 cm³/mol. The number of fused-ring (bicyclic) bond motifs is 1. The number of ketones is 3. The lowest BCUT2D eigenvalue weighted by molar-refractivity contribution is -0.156. The number of carbonyl (C=O) groups excluding carboxylic acids is 6. The number of azide groups is 2. The van der Waals surface area contributed by atoms with Crippen LogP contribution < -0.4 is 0 Å². The van der Waals surface area contributed by atoms with Crippen LogP contribution in [0.1, 0.15) is 232 Å². The van der Waals surface area contributed by atoms with Crippen molar-refractivity contribution in [2.45, 2.75) is 312 Å². The van der Waals surface area contributed by atoms with E-state index in [1.807, 2.05) is 70.7 Å². The van der Waals surface area contributed by atoms with E-state index >= 15 is 0 Å². The molecule has 4 saturated heterocycles. The molecule has 4 aliphatic rings. The van der Waals surface area contributed by atoms with Gasteiger partial charge in [0.1, 0.15) is 35.7 Å². The van der Waals surface area contributed by atoms with Crippen LogP contribution in [0.15, 0.2) is 43.1 Å². The van der Waals surface area contributed by atoms with Gasteiger partial charge in [0.25, 0.3) is 0 Å². The molecule has 0 aromatic carbocycles. The van der Waals surface area contributed by atoms with Crippen LogP contribution >= 0.6 is 34.0 Å². The van der Waals surface area contributed by atoms with Crippen molar-refractivity contribution in [2.75, 3.05) is 0 Å². The third-order valence-corrected chi connectivity index (χ3v) is 24.6. The molecule has 0 amide bonds. The molecule has 3 aromatic rings. The summed E-state index contributed by atoms with van der Waals surface area (Å²) in [6.45, 7) is 31.2. The highest BCUT2D eigenvalue weighted by Crippen LogP contribution is 2.39. The van der Waals surface area contributed by atoms with Crippen LogP contribution in [0.5, 0.6) is 0 Å². The highest BCUT2D eigenvalue weighted by Gasteiger charge is 2.47. The average molecular weight is 1570 g/mol. The number of hydrogen-bond acceptors (Lipinski definition) is 26. The van der Waals surface area contributed by atoms with Crippen LogP contribution in [-0.4, -0.2) is 182 Å². The molecule has 0 bridgehead atoms. The van der Waals surface area contributed by atoms with Gasteiger partial charge in [0.15, 0.2) is 0 Å². The number of Topliss-reactive ketones (excluding diaryl/α,β-unsaturated/α-hetero) is 3. The Kier molecular flexibility index (Phi) is 35.8. The Bertz CT molecular complexity index is 3690. The zero-order valence-corrected chi connectivity index (χ0v) is 68.6. The summed E-state index contributed by atoms with van der Waals surface area (Å²) < 4.78 is 23.1. The molecule has 0 aliphatic carbocycles. The normalized spacial score (nSPS) is 33.9. The Hall–Kier alpha value is -6.21. The predicted octanol–water partition coefficient (Wildman–Crippen LogP) is 12.8. The summed E-state index contributed by atoms with van der Waals surface area (Å²) in [5.74, 6) is -5.67. The third-order valence-electron chi connectivity index (χ3n) is 22.2. The van der Waals surface area contributed by atoms with Gasteiger partial charge in [0.05, 0.1) is 141 Å². The SMILES string of the molecule is C/C(=C\c1csc(C)n1)C1C[C@@H](O)[C@H](N=[N+]=[N-])CCC[C@H](C)[C@H](O)[C@@H](C)C(=O)C(C)(C)[C@@H](O)CC(=O)O1.C/C(=C\c1csc(C)n1)C1C[C@H](N=[N+]=[N-])[C@@H](O)CCC[C@H](C)[C@H](O)[C@@H](C)C(=O)C(C)(C)[C@@H](O)CC(=O)O1.C/C(=C\c1csc(C)n1)C1C[C@H]2OC2CCC[C@H](C)[C@H](O)[C@@H](C)C(=O)C(C)(C)[C@@H](O)CC(=O)O1. The van der Waals surface area contributed by atoms with Crippen molar-refractivity contribution in [3.63, 3.8) is 0 Å². The summed E-state index contributed by atoms with van der Waals surface area (Å²) in [6, 6.07) is -1.63. The second kappa shape index (κ2) is 41.9. The van der Waals surface area contributed by atoms with E-state index in [2.05, 4.69) is 35.0 Å². The zero-order chi connectivity index (χ0) is 81.0. The second-order valence-electron chi connectivity index (χ2n) is 32.1. The molecule has 21 atom stereocenters. The minimum absolute atomic E-state index is 0.00770. The van der Waals surface area contributed by atoms with Crippen LogP contribution in [0.2, 0.25) is 0 Å². The number of aliphatic hydroxyl groups is 8. The van der Waals surface area contributed by atoms with E-state index in [9.17, 15) is 69.6 Å². The van der Waals surface area contributed by atoms with E-state index in [1.54, 1.807) is 99.6 Å². The molecular weight excluding hydrogens is 1450 g/mol. The van der Waals surface area contributed by atoms with Crippen LogP contribution in [0.3, 0.4) is 0 Å². The maximum atomic E-state index is 13.2. The Labute approximate surface area is 647 Å². The number of nitrogens with zero attached hydrogens (tertiary/aromatic N) is 9. The van der Waals surface area contributed by atoms with Gasteiger partial charge < -0.3 is 59.8 Å². The molecule has 0 spiro atoms. The summed E-state index contributed by atoms with van der Waals surface area (Å²) in [6.07, 6.45) is -0.569. The molecule has 0 saturated carbocycles. The first-order valence-corrected chi connectivity index (χ1v) is 40.3. The molecule has 30 heteroatoms. The van der Waals surface area contributed by atoms with Crippen LogP contribution in [0.4, 0.5) is 0 Å². The lowest BCUT2D eigenvalue weighted by Gasteiger charge is -2.35. The van der Waals surface area contributed by atoms with Gasteiger partial charge in [-0.05, 0) is 150 Å². The van der Waals surface area contributed by atoms with E-state index < -0.39 is 144 Å². The van der Waals surface area contributed by atoms with Gasteiger partial charge in [-0.25, -0.2) is 15.0 Å². The number of hydrogen-bond donors (Lipinski definition) is 8. The minimum Gasteiger partial charge on any atom is -0.458 e. The Balaban J connectivity index is 0.000000291. The van der Waals surface area contributed by atoms with Crippen LogP contribution in [0, 0.1) is 72.5 Å². The van der Waals surface area contributed by atoms with Gasteiger partial charge >= 0.3 is 17.9 Å². The van der Waals surface area contributed by atoms with Crippen molar-refractivity contribution in [3.05, 3.63) is 85.8 Å². The minimum atomic E-state index is -1.34. The lowest BCUT2D eigenvalue weighted by Crippen LogP contribution is -2.46. The van der Waals surface area contributed by atoms with E-state index in [0.717, 1.165) is 45.6 Å². The van der Waals surface area contributed by atoms with Gasteiger partial charge in [-0.1, -0.05) is 113 Å². The number of esters is 3. The fourth-order valence-electron chi connectivity index (χ4n) is 14.2. The number of aryl methyl sites for hydroxylation is 3. The number of carbonyl (C=O) groups is 6. The number of ether oxygens (including phenoxy) is 4. The monoisotopic (exact) mass is 1570 g/mol. The molecule has 4 unspecified atom stereocenters. The molecule has 108 heavy (non-hydrogen) atoms. The maximum Gasteiger partial charge on any atom is 0.309 e. The highest BCUT2D eigenvalue weighted by molar-refractivity contribution is 7.10. The fourth-order valence-corrected chi connectivity index (χ4v) is 15.9. The van der Waals surface area contributed by atoms with Gasteiger partial charge in [-0.3, -0.25) is 28.8 Å². The third kappa shape index (κ3) is 26.8. The molecule has 3 aromatic heterocycles.